The van der Waals surface area contributed by atoms with Crippen LogP contribution in [0.3, 0.4) is 0 Å². The number of ether oxygens (including phenoxy) is 3. The minimum Gasteiger partial charge on any atom is -0.507 e. The number of phenols is 2. The number of carbonyl (C=O) groups is 4. The molecule has 1 fully saturated rings. The molecule has 0 radical (unpaired) electrons. The zero-order valence-corrected chi connectivity index (χ0v) is 29.1. The van der Waals surface area contributed by atoms with Crippen molar-refractivity contribution in [2.24, 2.45) is 0 Å². The maximum absolute atomic E-state index is 13.9. The molecule has 0 saturated carbocycles. The van der Waals surface area contributed by atoms with E-state index >= 15 is 0 Å². The molecule has 18 heteroatoms. The Balaban J connectivity index is 1.30. The van der Waals surface area contributed by atoms with Crippen LogP contribution in [0.25, 0.3) is 0 Å². The molecule has 2 aliphatic carbocycles. The van der Waals surface area contributed by atoms with E-state index in [-0.39, 0.29) is 46.6 Å². The number of aliphatic hydroxyl groups is 3. The van der Waals surface area contributed by atoms with Gasteiger partial charge in [-0.3, -0.25) is 29.0 Å². The van der Waals surface area contributed by atoms with E-state index in [1.54, 1.807) is 0 Å². The van der Waals surface area contributed by atoms with Crippen molar-refractivity contribution < 1.29 is 77.8 Å². The second-order valence-electron chi connectivity index (χ2n) is 13.1. The molecule has 6 rings (SSSR count). The molecule has 3 aromatic rings. The predicted octanol–water partition coefficient (Wildman–Crippen LogP) is 0.873. The van der Waals surface area contributed by atoms with Crippen molar-refractivity contribution in [2.45, 2.75) is 68.9 Å². The van der Waals surface area contributed by atoms with E-state index in [4.69, 9.17) is 24.0 Å². The number of hydrogen-bond acceptors (Lipinski definition) is 14. The molecule has 53 heavy (non-hydrogen) atoms. The van der Waals surface area contributed by atoms with Gasteiger partial charge in [0.05, 0.1) is 48.5 Å². The molecule has 0 aromatic heterocycles. The SMILES string of the molecule is COc1cccc2c1C(=O)c1c(O)c3c(c(O)c1C2=O)C[C@@](O)(C(=O)CO)C[C@@H]3OC1CC(NC(=O)Cc2ccc(OP(=O)(O)O)cc2)C(O)C(C)O1. The van der Waals surface area contributed by atoms with Crippen molar-refractivity contribution in [3.63, 3.8) is 0 Å². The summed E-state index contributed by atoms with van der Waals surface area (Å²) in [5.41, 5.74) is -3.77. The van der Waals surface area contributed by atoms with Gasteiger partial charge in [0.2, 0.25) is 11.7 Å². The minimum atomic E-state index is -4.78. The number of carbonyl (C=O) groups excluding carboxylic acids is 4. The van der Waals surface area contributed by atoms with Gasteiger partial charge in [-0.25, -0.2) is 4.57 Å². The van der Waals surface area contributed by atoms with Crippen molar-refractivity contribution in [1.82, 2.24) is 5.32 Å². The first-order valence-corrected chi connectivity index (χ1v) is 17.8. The normalized spacial score (nSPS) is 25.2. The van der Waals surface area contributed by atoms with Gasteiger partial charge in [-0.15, -0.1) is 0 Å². The summed E-state index contributed by atoms with van der Waals surface area (Å²) in [6, 6.07) is 8.65. The Labute approximate surface area is 300 Å². The fourth-order valence-electron chi connectivity index (χ4n) is 7.11. The monoisotopic (exact) mass is 757 g/mol. The van der Waals surface area contributed by atoms with Crippen LogP contribution in [0.5, 0.6) is 23.0 Å². The van der Waals surface area contributed by atoms with Crippen LogP contribution in [0.4, 0.5) is 0 Å². The van der Waals surface area contributed by atoms with Crippen molar-refractivity contribution in [3.8, 4) is 23.0 Å². The highest BCUT2D eigenvalue weighted by molar-refractivity contribution is 7.46. The molecule has 3 aromatic carbocycles. The van der Waals surface area contributed by atoms with Crippen LogP contribution < -0.4 is 14.6 Å². The summed E-state index contributed by atoms with van der Waals surface area (Å²) in [7, 11) is -3.49. The summed E-state index contributed by atoms with van der Waals surface area (Å²) in [4.78, 5) is 71.5. The third-order valence-corrected chi connectivity index (χ3v) is 10.1. The fraction of sp³-hybridized carbons (Fsp3) is 0.371. The second kappa shape index (κ2) is 14.3. The molecule has 8 N–H and O–H groups in total. The van der Waals surface area contributed by atoms with Crippen LogP contribution >= 0.6 is 7.82 Å². The lowest BCUT2D eigenvalue weighted by atomic mass is 9.72. The van der Waals surface area contributed by atoms with E-state index in [0.717, 1.165) is 0 Å². The Morgan fingerprint density at radius 1 is 1.02 bits per heavy atom. The number of hydrogen-bond donors (Lipinski definition) is 8. The van der Waals surface area contributed by atoms with Gasteiger partial charge in [0.15, 0.2) is 17.9 Å². The molecule has 4 unspecified atom stereocenters. The van der Waals surface area contributed by atoms with E-state index in [1.165, 1.54) is 56.5 Å². The molecular weight excluding hydrogens is 721 g/mol. The fourth-order valence-corrected chi connectivity index (χ4v) is 7.50. The molecule has 1 aliphatic heterocycles. The van der Waals surface area contributed by atoms with Crippen LogP contribution in [0.2, 0.25) is 0 Å². The van der Waals surface area contributed by atoms with Crippen LogP contribution in [0.1, 0.15) is 74.4 Å². The Kier molecular flexibility index (Phi) is 10.2. The van der Waals surface area contributed by atoms with Crippen molar-refractivity contribution in [1.29, 1.82) is 0 Å². The highest BCUT2D eigenvalue weighted by Crippen LogP contribution is 2.52. The van der Waals surface area contributed by atoms with Gasteiger partial charge in [-0.05, 0) is 30.7 Å². The molecule has 3 aliphatic rings. The number of Topliss-reactive ketones (excluding diaryl/α,β-unsaturated/α-hetero) is 1. The summed E-state index contributed by atoms with van der Waals surface area (Å²) in [6.45, 7) is 0.395. The first-order chi connectivity index (χ1) is 25.0. The lowest BCUT2D eigenvalue weighted by Crippen LogP contribution is -2.56. The van der Waals surface area contributed by atoms with E-state index in [0.29, 0.717) is 5.56 Å². The number of fused-ring (bicyclic) bond motifs is 3. The quantitative estimate of drug-likeness (QED) is 0.0823. The Morgan fingerprint density at radius 2 is 1.70 bits per heavy atom. The minimum absolute atomic E-state index is 0.0426. The van der Waals surface area contributed by atoms with Gasteiger partial charge in [0.1, 0.15) is 41.3 Å². The largest absolute Gasteiger partial charge is 0.524 e. The number of aliphatic hydroxyl groups excluding tert-OH is 2. The van der Waals surface area contributed by atoms with E-state index < -0.39 is 109 Å². The van der Waals surface area contributed by atoms with Crippen LogP contribution in [-0.4, -0.2) is 102 Å². The molecule has 1 saturated heterocycles. The number of phosphoric acid groups is 1. The third-order valence-electron chi connectivity index (χ3n) is 9.62. The average molecular weight is 758 g/mol. The lowest BCUT2D eigenvalue weighted by Gasteiger charge is -2.43. The topological polar surface area (TPSA) is 276 Å². The third kappa shape index (κ3) is 7.17. The Morgan fingerprint density at radius 3 is 2.34 bits per heavy atom. The van der Waals surface area contributed by atoms with Crippen molar-refractivity contribution >= 4 is 31.1 Å². The highest BCUT2D eigenvalue weighted by atomic mass is 31.2. The maximum Gasteiger partial charge on any atom is 0.524 e. The molecule has 1 amide bonds. The van der Waals surface area contributed by atoms with E-state index in [2.05, 4.69) is 9.84 Å². The molecule has 17 nitrogen and oxygen atoms in total. The molecule has 0 spiro atoms. The summed E-state index contributed by atoms with van der Waals surface area (Å²) < 4.78 is 32.9. The smallest absolute Gasteiger partial charge is 0.507 e. The zero-order valence-electron chi connectivity index (χ0n) is 28.2. The summed E-state index contributed by atoms with van der Waals surface area (Å²) >= 11 is 0. The molecule has 1 heterocycles. The summed E-state index contributed by atoms with van der Waals surface area (Å²) in [6.07, 6.45) is -6.66. The molecule has 282 valence electrons. The van der Waals surface area contributed by atoms with E-state index in [1.807, 2.05) is 0 Å². The number of rotatable bonds is 10. The second-order valence-corrected chi connectivity index (χ2v) is 14.2. The number of aromatic hydroxyl groups is 2. The predicted molar refractivity (Wildman–Crippen MR) is 179 cm³/mol. The highest BCUT2D eigenvalue weighted by Gasteiger charge is 2.50. The number of ketones is 3. The number of phosphoric ester groups is 1. The maximum atomic E-state index is 13.9. The number of phenolic OH excluding ortho intramolecular Hbond substituents is 2. The molecular formula is C35H36NO16P. The first-order valence-electron chi connectivity index (χ1n) is 16.3. The standard InChI is InChI=1S/C35H36NO16P/c1-15-30(40)20(36-24(39)10-16-6-8-17(9-7-16)52-53(46,47)48)11-25(50-15)51-22-13-35(45,23(38)14-37)12-19-27(22)34(44)29-28(32(19)42)31(41)18-4-3-5-21(49-2)26(18)33(29)43/h3-9,15,20,22,25,30,37,40,42,44-45H,10-14H2,1-2H3,(H,36,39)(H2,46,47,48)/t15?,20?,22-,25?,30?,35-/m0/s1. The van der Waals surface area contributed by atoms with Gasteiger partial charge in [0, 0.05) is 36.0 Å². The van der Waals surface area contributed by atoms with Crippen molar-refractivity contribution in [2.75, 3.05) is 13.7 Å². The number of methoxy groups -OCH3 is 1. The number of benzene rings is 3. The van der Waals surface area contributed by atoms with Gasteiger partial charge in [0.25, 0.3) is 0 Å². The molecule has 6 atom stereocenters. The van der Waals surface area contributed by atoms with Crippen LogP contribution in [0.15, 0.2) is 42.5 Å². The van der Waals surface area contributed by atoms with Gasteiger partial charge < -0.3 is 49.6 Å². The number of amides is 1. The molecule has 0 bridgehead atoms. The van der Waals surface area contributed by atoms with Crippen LogP contribution in [-0.2, 0) is 36.5 Å². The Bertz CT molecular complexity index is 2040. The van der Waals surface area contributed by atoms with Crippen molar-refractivity contribution in [3.05, 3.63) is 81.4 Å². The first kappa shape index (κ1) is 38.0. The zero-order chi connectivity index (χ0) is 38.6. The van der Waals surface area contributed by atoms with E-state index in [9.17, 15) is 49.3 Å². The average Bonchev–Trinajstić information content (AvgIpc) is 3.10. The van der Waals surface area contributed by atoms with Crippen LogP contribution in [0, 0.1) is 0 Å². The van der Waals surface area contributed by atoms with Gasteiger partial charge >= 0.3 is 7.82 Å². The lowest BCUT2D eigenvalue weighted by molar-refractivity contribution is -0.249. The Hall–Kier alpha value is -4.71. The summed E-state index contributed by atoms with van der Waals surface area (Å²) in [5, 5.41) is 58.1. The number of nitrogens with one attached hydrogen (secondary N) is 1. The van der Waals surface area contributed by atoms with Gasteiger partial charge in [-0.2, -0.15) is 0 Å². The van der Waals surface area contributed by atoms with Gasteiger partial charge in [-0.1, -0.05) is 24.3 Å². The summed E-state index contributed by atoms with van der Waals surface area (Å²) in [5.74, 6) is -4.88.